The molecule has 1 saturated carbocycles. The Morgan fingerprint density at radius 2 is 2.14 bits per heavy atom. The molecule has 0 spiro atoms. The smallest absolute Gasteiger partial charge is 0.141 e. The number of ether oxygens (including phenoxy) is 1. The highest BCUT2D eigenvalue weighted by Crippen LogP contribution is 2.43. The first-order valence-electron chi connectivity index (χ1n) is 7.63. The number of rotatable bonds is 4. The van der Waals surface area contributed by atoms with Gasteiger partial charge in [0, 0.05) is 11.6 Å². The van der Waals surface area contributed by atoms with Crippen LogP contribution in [-0.2, 0) is 11.3 Å². The Morgan fingerprint density at radius 1 is 1.19 bits per heavy atom. The lowest BCUT2D eigenvalue weighted by atomic mass is 9.95. The predicted molar refractivity (Wildman–Crippen MR) is 81.9 cm³/mol. The zero-order valence-electron chi connectivity index (χ0n) is 11.9. The lowest BCUT2D eigenvalue weighted by molar-refractivity contribution is 0.0795. The van der Waals surface area contributed by atoms with Crippen molar-refractivity contribution in [1.29, 1.82) is 0 Å². The first kappa shape index (κ1) is 12.8. The number of benzene rings is 1. The summed E-state index contributed by atoms with van der Waals surface area (Å²) in [5.74, 6) is 2.43. The maximum absolute atomic E-state index is 9.85. The molecule has 0 amide bonds. The molecule has 3 atom stereocenters. The molecule has 1 N–H and O–H groups in total. The van der Waals surface area contributed by atoms with Gasteiger partial charge in [-0.1, -0.05) is 24.3 Å². The van der Waals surface area contributed by atoms with Gasteiger partial charge in [0.25, 0.3) is 0 Å². The molecule has 2 bridgehead atoms. The Balaban J connectivity index is 1.46. The summed E-state index contributed by atoms with van der Waals surface area (Å²) in [4.78, 5) is 4.24. The van der Waals surface area contributed by atoms with Crippen LogP contribution in [0.2, 0.25) is 0 Å². The van der Waals surface area contributed by atoms with E-state index in [0.717, 1.165) is 29.4 Å². The molecule has 3 nitrogen and oxygen atoms in total. The molecule has 1 aromatic heterocycles. The Hall–Kier alpha value is -1.87. The first-order chi connectivity index (χ1) is 10.3. The van der Waals surface area contributed by atoms with Crippen LogP contribution in [0.1, 0.15) is 18.4 Å². The van der Waals surface area contributed by atoms with Crippen LogP contribution in [0.15, 0.2) is 42.6 Å². The van der Waals surface area contributed by atoms with E-state index in [0.29, 0.717) is 18.0 Å². The van der Waals surface area contributed by atoms with Crippen LogP contribution in [0.4, 0.5) is 0 Å². The van der Waals surface area contributed by atoms with E-state index in [9.17, 15) is 5.11 Å². The second kappa shape index (κ2) is 5.15. The van der Waals surface area contributed by atoms with Gasteiger partial charge in [-0.15, -0.1) is 0 Å². The van der Waals surface area contributed by atoms with Gasteiger partial charge >= 0.3 is 0 Å². The zero-order chi connectivity index (χ0) is 14.2. The Labute approximate surface area is 124 Å². The highest BCUT2D eigenvalue weighted by molar-refractivity contribution is 5.86. The minimum atomic E-state index is 0.229. The molecule has 4 rings (SSSR count). The van der Waals surface area contributed by atoms with E-state index >= 15 is 0 Å². The fraction of sp³-hybridized carbons (Fsp3) is 0.389. The Kier molecular flexibility index (Phi) is 3.15. The Bertz CT molecular complexity index is 695. The van der Waals surface area contributed by atoms with E-state index < -0.39 is 0 Å². The van der Waals surface area contributed by atoms with Crippen LogP contribution < -0.4 is 0 Å². The largest absolute Gasteiger partial charge is 0.506 e. The first-order valence-corrected chi connectivity index (χ1v) is 7.63. The van der Waals surface area contributed by atoms with E-state index in [1.54, 1.807) is 12.3 Å². The summed E-state index contributed by atoms with van der Waals surface area (Å²) in [7, 11) is 0. The molecular weight excluding hydrogens is 262 g/mol. The van der Waals surface area contributed by atoms with Crippen LogP contribution in [-0.4, -0.2) is 16.7 Å². The maximum Gasteiger partial charge on any atom is 0.141 e. The monoisotopic (exact) mass is 281 g/mol. The number of aromatic hydroxyl groups is 1. The molecule has 1 heterocycles. The standard InChI is InChI=1S/C18H19NO2/c20-17-6-5-14(16-2-1-7-19-18(16)17)10-21-11-15-9-12-3-4-13(15)8-12/h1-7,12-13,15,20H,8-11H2. The van der Waals surface area contributed by atoms with Gasteiger partial charge in [-0.05, 0) is 48.3 Å². The molecule has 2 aliphatic carbocycles. The third-order valence-electron chi connectivity index (χ3n) is 4.84. The molecule has 1 fully saturated rings. The van der Waals surface area contributed by atoms with Gasteiger partial charge in [-0.25, -0.2) is 0 Å². The lowest BCUT2D eigenvalue weighted by Crippen LogP contribution is -2.14. The average molecular weight is 281 g/mol. The van der Waals surface area contributed by atoms with Gasteiger partial charge < -0.3 is 9.84 Å². The van der Waals surface area contributed by atoms with Gasteiger partial charge in [0.2, 0.25) is 0 Å². The molecule has 3 heteroatoms. The van der Waals surface area contributed by atoms with Crippen molar-refractivity contribution in [2.75, 3.05) is 6.61 Å². The number of phenols is 1. The van der Waals surface area contributed by atoms with Crippen molar-refractivity contribution in [2.24, 2.45) is 17.8 Å². The van der Waals surface area contributed by atoms with Crippen LogP contribution in [0, 0.1) is 17.8 Å². The highest BCUT2D eigenvalue weighted by Gasteiger charge is 2.35. The second-order valence-electron chi connectivity index (χ2n) is 6.20. The van der Waals surface area contributed by atoms with Crippen molar-refractivity contribution >= 4 is 10.9 Å². The number of hydrogen-bond donors (Lipinski definition) is 1. The van der Waals surface area contributed by atoms with Gasteiger partial charge in [0.1, 0.15) is 11.3 Å². The molecule has 0 radical (unpaired) electrons. The molecule has 2 aliphatic rings. The van der Waals surface area contributed by atoms with Crippen LogP contribution in [0.25, 0.3) is 10.9 Å². The topological polar surface area (TPSA) is 42.4 Å². The molecule has 3 unspecified atom stereocenters. The number of phenolic OH excluding ortho intramolecular Hbond substituents is 1. The van der Waals surface area contributed by atoms with Gasteiger partial charge in [0.15, 0.2) is 0 Å². The van der Waals surface area contributed by atoms with Gasteiger partial charge in [0.05, 0.1) is 13.2 Å². The van der Waals surface area contributed by atoms with E-state index in [2.05, 4.69) is 17.1 Å². The summed E-state index contributed by atoms with van der Waals surface area (Å²) in [5, 5.41) is 10.8. The third-order valence-corrected chi connectivity index (χ3v) is 4.84. The molecular formula is C18H19NO2. The number of nitrogens with zero attached hydrogens (tertiary/aromatic N) is 1. The zero-order valence-corrected chi connectivity index (χ0v) is 11.9. The number of hydrogen-bond acceptors (Lipinski definition) is 3. The number of allylic oxidation sites excluding steroid dienone is 2. The van der Waals surface area contributed by atoms with Crippen LogP contribution >= 0.6 is 0 Å². The fourth-order valence-corrected chi connectivity index (χ4v) is 3.75. The summed E-state index contributed by atoms with van der Waals surface area (Å²) in [5.41, 5.74) is 1.75. The molecule has 1 aromatic carbocycles. The average Bonchev–Trinajstić information content (AvgIpc) is 3.13. The van der Waals surface area contributed by atoms with Crippen molar-refractivity contribution in [3.8, 4) is 5.75 Å². The van der Waals surface area contributed by atoms with Gasteiger partial charge in [-0.2, -0.15) is 0 Å². The fourth-order valence-electron chi connectivity index (χ4n) is 3.75. The number of aromatic nitrogens is 1. The SMILES string of the molecule is Oc1ccc(COCC2CC3C=CC2C3)c2cccnc12. The predicted octanol–water partition coefficient (Wildman–Crippen LogP) is 3.67. The summed E-state index contributed by atoms with van der Waals surface area (Å²) < 4.78 is 5.96. The third kappa shape index (κ3) is 2.32. The molecule has 108 valence electrons. The van der Waals surface area contributed by atoms with Crippen molar-refractivity contribution in [3.05, 3.63) is 48.2 Å². The summed E-state index contributed by atoms with van der Waals surface area (Å²) >= 11 is 0. The van der Waals surface area contributed by atoms with E-state index in [1.807, 2.05) is 18.2 Å². The molecule has 0 saturated heterocycles. The van der Waals surface area contributed by atoms with E-state index in [-0.39, 0.29) is 5.75 Å². The second-order valence-corrected chi connectivity index (χ2v) is 6.20. The summed E-state index contributed by atoms with van der Waals surface area (Å²) in [6, 6.07) is 7.52. The van der Waals surface area contributed by atoms with Crippen molar-refractivity contribution < 1.29 is 9.84 Å². The summed E-state index contributed by atoms with van der Waals surface area (Å²) in [6.45, 7) is 1.41. The highest BCUT2D eigenvalue weighted by atomic mass is 16.5. The lowest BCUT2D eigenvalue weighted by Gasteiger charge is -2.18. The maximum atomic E-state index is 9.85. The Morgan fingerprint density at radius 3 is 2.95 bits per heavy atom. The number of pyridine rings is 1. The molecule has 21 heavy (non-hydrogen) atoms. The number of fused-ring (bicyclic) bond motifs is 3. The molecule has 2 aromatic rings. The minimum absolute atomic E-state index is 0.229. The quantitative estimate of drug-likeness (QED) is 0.869. The van der Waals surface area contributed by atoms with Gasteiger partial charge in [-0.3, -0.25) is 4.98 Å². The summed E-state index contributed by atoms with van der Waals surface area (Å²) in [6.07, 6.45) is 9.02. The molecule has 0 aliphatic heterocycles. The normalized spacial score (nSPS) is 26.8. The minimum Gasteiger partial charge on any atom is -0.506 e. The van der Waals surface area contributed by atoms with Crippen molar-refractivity contribution in [1.82, 2.24) is 4.98 Å². The van der Waals surface area contributed by atoms with E-state index in [4.69, 9.17) is 4.74 Å². The van der Waals surface area contributed by atoms with Crippen LogP contribution in [0.5, 0.6) is 5.75 Å². The van der Waals surface area contributed by atoms with Crippen molar-refractivity contribution in [2.45, 2.75) is 19.4 Å². The van der Waals surface area contributed by atoms with Crippen LogP contribution in [0.3, 0.4) is 0 Å². The van der Waals surface area contributed by atoms with E-state index in [1.165, 1.54) is 12.8 Å². The van der Waals surface area contributed by atoms with Crippen molar-refractivity contribution in [3.63, 3.8) is 0 Å².